The van der Waals surface area contributed by atoms with E-state index in [1.54, 1.807) is 6.07 Å². The molecule has 0 aliphatic rings. The van der Waals surface area contributed by atoms with Crippen LogP contribution in [0, 0.1) is 0 Å². The van der Waals surface area contributed by atoms with Crippen molar-refractivity contribution in [3.63, 3.8) is 0 Å². The molecule has 0 amide bonds. The van der Waals surface area contributed by atoms with E-state index in [1.165, 1.54) is 6.07 Å². The van der Waals surface area contributed by atoms with Crippen LogP contribution in [0.25, 0.3) is 0 Å². The summed E-state index contributed by atoms with van der Waals surface area (Å²) in [5.41, 5.74) is 0.682. The van der Waals surface area contributed by atoms with Gasteiger partial charge in [0.2, 0.25) is 0 Å². The minimum absolute atomic E-state index is 0.0754. The summed E-state index contributed by atoms with van der Waals surface area (Å²) in [4.78, 5) is 0. The molecule has 0 spiro atoms. The number of phenols is 2. The fourth-order valence-electron chi connectivity index (χ4n) is 2.61. The summed E-state index contributed by atoms with van der Waals surface area (Å²) in [6, 6.07) is 23.0. The standard InChI is InChI=1S/C19H17O2PS/c20-18-13-7-8-15(19(18)21)14-22(23,16-9-3-1-4-10-16)17-11-5-2-6-12-17/h1-13,20-21H,14H2. The second kappa shape index (κ2) is 6.57. The molecule has 2 N–H and O–H groups in total. The van der Waals surface area contributed by atoms with Crippen molar-refractivity contribution in [2.75, 3.05) is 0 Å². The maximum atomic E-state index is 10.2. The van der Waals surface area contributed by atoms with Gasteiger partial charge in [0.15, 0.2) is 11.5 Å². The average molecular weight is 340 g/mol. The van der Waals surface area contributed by atoms with E-state index in [9.17, 15) is 10.2 Å². The highest BCUT2D eigenvalue weighted by Gasteiger charge is 2.24. The first-order valence-electron chi connectivity index (χ1n) is 7.31. The zero-order valence-electron chi connectivity index (χ0n) is 12.5. The van der Waals surface area contributed by atoms with Crippen molar-refractivity contribution in [1.29, 1.82) is 0 Å². The number of para-hydroxylation sites is 1. The summed E-state index contributed by atoms with van der Waals surface area (Å²) in [6.45, 7) is 0. The summed E-state index contributed by atoms with van der Waals surface area (Å²) < 4.78 is 0. The lowest BCUT2D eigenvalue weighted by molar-refractivity contribution is 0.401. The highest BCUT2D eigenvalue weighted by molar-refractivity contribution is 8.21. The highest BCUT2D eigenvalue weighted by atomic mass is 32.4. The molecule has 0 saturated heterocycles. The lowest BCUT2D eigenvalue weighted by atomic mass is 10.2. The molecule has 0 fully saturated rings. The van der Waals surface area contributed by atoms with Gasteiger partial charge in [-0.2, -0.15) is 0 Å². The molecule has 0 aliphatic carbocycles. The van der Waals surface area contributed by atoms with Crippen LogP contribution in [-0.4, -0.2) is 10.2 Å². The van der Waals surface area contributed by atoms with Gasteiger partial charge in [0.25, 0.3) is 0 Å². The molecule has 0 atom stereocenters. The van der Waals surface area contributed by atoms with E-state index in [4.69, 9.17) is 11.8 Å². The predicted molar refractivity (Wildman–Crippen MR) is 99.9 cm³/mol. The Kier molecular flexibility index (Phi) is 4.51. The molecule has 0 saturated carbocycles. The van der Waals surface area contributed by atoms with Crippen LogP contribution < -0.4 is 10.6 Å². The van der Waals surface area contributed by atoms with Crippen molar-refractivity contribution in [3.8, 4) is 11.5 Å². The van der Waals surface area contributed by atoms with Crippen LogP contribution in [0.2, 0.25) is 0 Å². The second-order valence-electron chi connectivity index (χ2n) is 5.35. The number of rotatable bonds is 4. The lowest BCUT2D eigenvalue weighted by Crippen LogP contribution is -2.17. The van der Waals surface area contributed by atoms with Crippen molar-refractivity contribution in [2.45, 2.75) is 6.16 Å². The summed E-state index contributed by atoms with van der Waals surface area (Å²) >= 11 is 6.14. The topological polar surface area (TPSA) is 40.5 Å². The van der Waals surface area contributed by atoms with Gasteiger partial charge in [-0.15, -0.1) is 0 Å². The Labute approximate surface area is 141 Å². The highest BCUT2D eigenvalue weighted by Crippen LogP contribution is 2.49. The smallest absolute Gasteiger partial charge is 0.161 e. The van der Waals surface area contributed by atoms with Gasteiger partial charge in [-0.1, -0.05) is 84.6 Å². The van der Waals surface area contributed by atoms with E-state index in [0.717, 1.165) is 10.6 Å². The normalized spacial score (nSPS) is 11.3. The van der Waals surface area contributed by atoms with Crippen molar-refractivity contribution in [1.82, 2.24) is 0 Å². The molecule has 116 valence electrons. The third-order valence-electron chi connectivity index (χ3n) is 3.84. The van der Waals surface area contributed by atoms with E-state index in [0.29, 0.717) is 11.7 Å². The van der Waals surface area contributed by atoms with Crippen LogP contribution in [0.15, 0.2) is 78.9 Å². The maximum absolute atomic E-state index is 10.2. The Morgan fingerprint density at radius 3 is 1.74 bits per heavy atom. The van der Waals surface area contributed by atoms with Gasteiger partial charge in [-0.05, 0) is 16.7 Å². The van der Waals surface area contributed by atoms with Gasteiger partial charge in [-0.25, -0.2) is 0 Å². The Bertz CT molecular complexity index is 804. The van der Waals surface area contributed by atoms with Crippen LogP contribution in [0.4, 0.5) is 0 Å². The molecular weight excluding hydrogens is 323 g/mol. The van der Waals surface area contributed by atoms with E-state index in [2.05, 4.69) is 0 Å². The number of phenolic OH excluding ortho intramolecular Hbond substituents is 2. The van der Waals surface area contributed by atoms with E-state index >= 15 is 0 Å². The number of aromatic hydroxyl groups is 2. The van der Waals surface area contributed by atoms with Crippen LogP contribution in [-0.2, 0) is 18.0 Å². The average Bonchev–Trinajstić information content (AvgIpc) is 2.60. The lowest BCUT2D eigenvalue weighted by Gasteiger charge is -2.24. The Balaban J connectivity index is 2.14. The monoisotopic (exact) mass is 340 g/mol. The number of hydrogen-bond donors (Lipinski definition) is 2. The van der Waals surface area contributed by atoms with Crippen LogP contribution in [0.3, 0.4) is 0 Å². The molecule has 0 heterocycles. The molecule has 4 heteroatoms. The fourth-order valence-corrected chi connectivity index (χ4v) is 6.47. The van der Waals surface area contributed by atoms with Gasteiger partial charge in [0.05, 0.1) is 0 Å². The fraction of sp³-hybridized carbons (Fsp3) is 0.0526. The summed E-state index contributed by atoms with van der Waals surface area (Å²) in [5.74, 6) is -0.182. The first-order chi connectivity index (χ1) is 11.1. The summed E-state index contributed by atoms with van der Waals surface area (Å²) in [6.07, 6.45) is 0.524. The van der Waals surface area contributed by atoms with Crippen LogP contribution in [0.5, 0.6) is 11.5 Å². The zero-order valence-corrected chi connectivity index (χ0v) is 14.2. The molecule has 2 nitrogen and oxygen atoms in total. The Hall–Kier alpha value is -2.09. The number of benzene rings is 3. The molecule has 0 unspecified atom stereocenters. The van der Waals surface area contributed by atoms with Crippen molar-refractivity contribution in [3.05, 3.63) is 84.4 Å². The van der Waals surface area contributed by atoms with E-state index < -0.39 is 6.04 Å². The van der Waals surface area contributed by atoms with Crippen LogP contribution >= 0.6 is 6.04 Å². The quantitative estimate of drug-likeness (QED) is 0.562. The molecule has 23 heavy (non-hydrogen) atoms. The molecule has 3 rings (SSSR count). The molecule has 0 bridgehead atoms. The SMILES string of the molecule is Oc1cccc(CP(=S)(c2ccccc2)c2ccccc2)c1O. The first-order valence-corrected chi connectivity index (χ1v) is 10.3. The molecule has 3 aromatic carbocycles. The van der Waals surface area contributed by atoms with Gasteiger partial charge in [0.1, 0.15) is 0 Å². The molecular formula is C19H17O2PS. The number of hydrogen-bond acceptors (Lipinski definition) is 3. The van der Waals surface area contributed by atoms with E-state index in [1.807, 2.05) is 66.7 Å². The second-order valence-corrected chi connectivity index (χ2v) is 10.1. The first kappa shape index (κ1) is 15.8. The van der Waals surface area contributed by atoms with Gasteiger partial charge in [-0.3, -0.25) is 0 Å². The van der Waals surface area contributed by atoms with Gasteiger partial charge in [0, 0.05) is 17.8 Å². The van der Waals surface area contributed by atoms with E-state index in [-0.39, 0.29) is 11.5 Å². The molecule has 3 aromatic rings. The van der Waals surface area contributed by atoms with Crippen LogP contribution in [0.1, 0.15) is 5.56 Å². The molecule has 0 radical (unpaired) electrons. The maximum Gasteiger partial charge on any atom is 0.161 e. The van der Waals surface area contributed by atoms with Crippen molar-refractivity contribution in [2.24, 2.45) is 0 Å². The van der Waals surface area contributed by atoms with Crippen molar-refractivity contribution < 1.29 is 10.2 Å². The van der Waals surface area contributed by atoms with Crippen molar-refractivity contribution >= 4 is 28.5 Å². The minimum atomic E-state index is -2.13. The summed E-state index contributed by atoms with van der Waals surface area (Å²) in [7, 11) is 0. The molecule has 0 aliphatic heterocycles. The minimum Gasteiger partial charge on any atom is -0.504 e. The summed E-state index contributed by atoms with van der Waals surface area (Å²) in [5, 5.41) is 22.1. The third-order valence-corrected chi connectivity index (χ3v) is 8.54. The van der Waals surface area contributed by atoms with Gasteiger partial charge >= 0.3 is 0 Å². The Morgan fingerprint density at radius 1 is 0.696 bits per heavy atom. The molecule has 0 aromatic heterocycles. The predicted octanol–water partition coefficient (Wildman–Crippen LogP) is 3.73. The Morgan fingerprint density at radius 2 is 1.22 bits per heavy atom. The largest absolute Gasteiger partial charge is 0.504 e. The zero-order chi connectivity index (χ0) is 16.3. The van der Waals surface area contributed by atoms with Gasteiger partial charge < -0.3 is 10.2 Å². The third kappa shape index (κ3) is 3.17.